The van der Waals surface area contributed by atoms with Gasteiger partial charge in [-0.1, -0.05) is 0 Å². The molecule has 2 aromatic rings. The number of piperidine rings is 1. The molecule has 6 nitrogen and oxygen atoms in total. The zero-order chi connectivity index (χ0) is 19.8. The van der Waals surface area contributed by atoms with Crippen molar-refractivity contribution in [1.82, 2.24) is 19.9 Å². The number of anilines is 1. The third-order valence-corrected chi connectivity index (χ3v) is 6.30. The lowest BCUT2D eigenvalue weighted by molar-refractivity contribution is -0.141. The van der Waals surface area contributed by atoms with Gasteiger partial charge in [0.1, 0.15) is 5.69 Å². The second-order valence-electron chi connectivity index (χ2n) is 7.28. The van der Waals surface area contributed by atoms with E-state index < -0.39 is 11.9 Å². The molecule has 0 atom stereocenters. The first-order chi connectivity index (χ1) is 13.4. The Kier molecular flexibility index (Phi) is 5.28. The summed E-state index contributed by atoms with van der Waals surface area (Å²) in [5.74, 6) is 0.142. The van der Waals surface area contributed by atoms with E-state index in [9.17, 15) is 13.2 Å². The Morgan fingerprint density at radius 1 is 1.21 bits per heavy atom. The van der Waals surface area contributed by atoms with E-state index in [0.29, 0.717) is 26.3 Å². The summed E-state index contributed by atoms with van der Waals surface area (Å²) in [6.45, 7) is 6.11. The van der Waals surface area contributed by atoms with Crippen molar-refractivity contribution in [3.05, 3.63) is 34.0 Å². The van der Waals surface area contributed by atoms with Crippen molar-refractivity contribution in [2.45, 2.75) is 38.0 Å². The van der Waals surface area contributed by atoms with Gasteiger partial charge in [0, 0.05) is 43.3 Å². The number of aromatic nitrogens is 3. The molecule has 0 amide bonds. The van der Waals surface area contributed by atoms with Crippen LogP contribution in [0.2, 0.25) is 0 Å². The van der Waals surface area contributed by atoms with Gasteiger partial charge in [-0.2, -0.15) is 13.2 Å². The minimum absolute atomic E-state index is 0.117. The Labute approximate surface area is 165 Å². The van der Waals surface area contributed by atoms with Crippen LogP contribution in [0, 0.1) is 6.92 Å². The lowest BCUT2D eigenvalue weighted by Gasteiger charge is -2.51. The van der Waals surface area contributed by atoms with Gasteiger partial charge < -0.3 is 9.64 Å². The van der Waals surface area contributed by atoms with Gasteiger partial charge in [0.05, 0.1) is 23.9 Å². The molecule has 28 heavy (non-hydrogen) atoms. The fourth-order valence-electron chi connectivity index (χ4n) is 3.93. The summed E-state index contributed by atoms with van der Waals surface area (Å²) in [6.07, 6.45) is -1.71. The van der Waals surface area contributed by atoms with E-state index in [-0.39, 0.29) is 11.5 Å². The molecule has 0 unspecified atom stereocenters. The highest BCUT2D eigenvalue weighted by Gasteiger charge is 2.43. The Balaban J connectivity index is 1.47. The van der Waals surface area contributed by atoms with Gasteiger partial charge in [0.15, 0.2) is 0 Å². The van der Waals surface area contributed by atoms with Gasteiger partial charge in [-0.25, -0.2) is 15.0 Å². The number of aryl methyl sites for hydroxylation is 1. The molecule has 10 heteroatoms. The minimum atomic E-state index is -4.46. The number of rotatable bonds is 3. The lowest BCUT2D eigenvalue weighted by Crippen LogP contribution is -2.61. The third kappa shape index (κ3) is 3.99. The number of morpholine rings is 1. The summed E-state index contributed by atoms with van der Waals surface area (Å²) in [5.41, 5.74) is 0.0419. The van der Waals surface area contributed by atoms with Gasteiger partial charge >= 0.3 is 6.18 Å². The molecule has 4 heterocycles. The van der Waals surface area contributed by atoms with Crippen LogP contribution in [0.3, 0.4) is 0 Å². The molecule has 0 aromatic carbocycles. The third-order valence-electron chi connectivity index (χ3n) is 5.48. The Hall–Kier alpha value is -1.78. The molecular weight excluding hydrogens is 391 g/mol. The summed E-state index contributed by atoms with van der Waals surface area (Å²) in [5, 5.41) is 3.14. The molecule has 0 bridgehead atoms. The number of ether oxygens (including phenoxy) is 1. The summed E-state index contributed by atoms with van der Waals surface area (Å²) in [6, 6.07) is 0.904. The molecular formula is C18H22F3N5OS. The molecule has 1 spiro atoms. The summed E-state index contributed by atoms with van der Waals surface area (Å²) >= 11 is 1.64. The topological polar surface area (TPSA) is 54.4 Å². The van der Waals surface area contributed by atoms with Gasteiger partial charge in [0.2, 0.25) is 5.95 Å². The van der Waals surface area contributed by atoms with Crippen molar-refractivity contribution in [3.63, 3.8) is 0 Å². The average molecular weight is 413 g/mol. The van der Waals surface area contributed by atoms with Crippen LogP contribution >= 0.6 is 11.3 Å². The van der Waals surface area contributed by atoms with Crippen molar-refractivity contribution in [3.8, 4) is 0 Å². The molecule has 2 fully saturated rings. The molecule has 2 aliphatic heterocycles. The molecule has 0 radical (unpaired) electrons. The first-order valence-corrected chi connectivity index (χ1v) is 10.1. The van der Waals surface area contributed by atoms with Crippen molar-refractivity contribution in [2.24, 2.45) is 0 Å². The van der Waals surface area contributed by atoms with E-state index in [1.54, 1.807) is 11.3 Å². The number of halogens is 3. The quantitative estimate of drug-likeness (QED) is 0.771. The second-order valence-corrected chi connectivity index (χ2v) is 8.35. The van der Waals surface area contributed by atoms with Gasteiger partial charge in [-0.15, -0.1) is 11.3 Å². The van der Waals surface area contributed by atoms with Crippen LogP contribution in [-0.2, 0) is 17.5 Å². The highest BCUT2D eigenvalue weighted by atomic mass is 32.1. The zero-order valence-corrected chi connectivity index (χ0v) is 16.4. The normalized spacial score (nSPS) is 20.6. The SMILES string of the molecule is Cc1nc(CN2CCOCC23CCN(c2nccc(C(F)(F)F)n2)CC3)cs1. The Morgan fingerprint density at radius 2 is 2.00 bits per heavy atom. The first-order valence-electron chi connectivity index (χ1n) is 9.25. The largest absolute Gasteiger partial charge is 0.433 e. The zero-order valence-electron chi connectivity index (χ0n) is 15.6. The minimum Gasteiger partial charge on any atom is -0.378 e. The number of nitrogens with zero attached hydrogens (tertiary/aromatic N) is 5. The molecule has 2 aliphatic rings. The maximum atomic E-state index is 12.9. The van der Waals surface area contributed by atoms with E-state index in [4.69, 9.17) is 4.74 Å². The van der Waals surface area contributed by atoms with Crippen LogP contribution in [0.4, 0.5) is 19.1 Å². The summed E-state index contributed by atoms with van der Waals surface area (Å²) in [7, 11) is 0. The van der Waals surface area contributed by atoms with E-state index in [1.165, 1.54) is 6.20 Å². The lowest BCUT2D eigenvalue weighted by atomic mass is 9.85. The van der Waals surface area contributed by atoms with E-state index in [0.717, 1.165) is 42.7 Å². The molecule has 2 saturated heterocycles. The van der Waals surface area contributed by atoms with E-state index >= 15 is 0 Å². The van der Waals surface area contributed by atoms with Crippen molar-refractivity contribution < 1.29 is 17.9 Å². The summed E-state index contributed by atoms with van der Waals surface area (Å²) in [4.78, 5) is 16.6. The van der Waals surface area contributed by atoms with Crippen LogP contribution in [-0.4, -0.2) is 58.2 Å². The van der Waals surface area contributed by atoms with Crippen LogP contribution in [0.1, 0.15) is 29.2 Å². The van der Waals surface area contributed by atoms with Gasteiger partial charge in [-0.05, 0) is 25.8 Å². The fraction of sp³-hybridized carbons (Fsp3) is 0.611. The molecule has 2 aromatic heterocycles. The van der Waals surface area contributed by atoms with Crippen LogP contribution in [0.5, 0.6) is 0 Å². The smallest absolute Gasteiger partial charge is 0.378 e. The number of hydrogen-bond donors (Lipinski definition) is 0. The first kappa shape index (κ1) is 19.5. The van der Waals surface area contributed by atoms with Crippen LogP contribution in [0.15, 0.2) is 17.6 Å². The van der Waals surface area contributed by atoms with Gasteiger partial charge in [0.25, 0.3) is 0 Å². The number of thiazole rings is 1. The van der Waals surface area contributed by atoms with Crippen molar-refractivity contribution in [2.75, 3.05) is 37.7 Å². The fourth-order valence-corrected chi connectivity index (χ4v) is 4.53. The van der Waals surface area contributed by atoms with Crippen LogP contribution in [0.25, 0.3) is 0 Å². The standard InChI is InChI=1S/C18H22F3N5OS/c1-13-23-14(11-28-13)10-26-8-9-27-12-17(26)3-6-25(7-4-17)16-22-5-2-15(24-16)18(19,20)21/h2,5,11H,3-4,6-10,12H2,1H3. The molecule has 0 saturated carbocycles. The summed E-state index contributed by atoms with van der Waals surface area (Å²) < 4.78 is 44.6. The molecule has 152 valence electrons. The maximum absolute atomic E-state index is 12.9. The highest BCUT2D eigenvalue weighted by molar-refractivity contribution is 7.09. The number of hydrogen-bond acceptors (Lipinski definition) is 7. The molecule has 0 aliphatic carbocycles. The molecule has 4 rings (SSSR count). The van der Waals surface area contributed by atoms with Gasteiger partial charge in [-0.3, -0.25) is 4.90 Å². The second kappa shape index (κ2) is 7.57. The predicted octanol–water partition coefficient (Wildman–Crippen LogP) is 3.13. The van der Waals surface area contributed by atoms with Crippen LogP contribution < -0.4 is 4.90 Å². The van der Waals surface area contributed by atoms with Crippen molar-refractivity contribution >= 4 is 17.3 Å². The monoisotopic (exact) mass is 413 g/mol. The number of alkyl halides is 3. The Morgan fingerprint density at radius 3 is 2.68 bits per heavy atom. The highest BCUT2D eigenvalue weighted by Crippen LogP contribution is 2.35. The predicted molar refractivity (Wildman–Crippen MR) is 99.3 cm³/mol. The Bertz CT molecular complexity index is 820. The van der Waals surface area contributed by atoms with E-state index in [1.807, 2.05) is 11.8 Å². The maximum Gasteiger partial charge on any atom is 0.433 e. The molecule has 0 N–H and O–H groups in total. The average Bonchev–Trinajstić information content (AvgIpc) is 3.09. The van der Waals surface area contributed by atoms with E-state index in [2.05, 4.69) is 25.2 Å². The van der Waals surface area contributed by atoms with Crippen molar-refractivity contribution in [1.29, 1.82) is 0 Å².